The average Bonchev–Trinajstić information content (AvgIpc) is 2.80. The Kier molecular flexibility index (Phi) is 5.88. The number of carbonyl (C=O) groups excluding carboxylic acids is 1. The lowest BCUT2D eigenvalue weighted by Crippen LogP contribution is -2.16. The molecule has 0 radical (unpaired) electrons. The first-order chi connectivity index (χ1) is 15.4. The van der Waals surface area contributed by atoms with Crippen LogP contribution < -0.4 is 20.2 Å². The number of anilines is 1. The molecule has 3 aromatic carbocycles. The second kappa shape index (κ2) is 8.77. The lowest BCUT2D eigenvalue weighted by molar-refractivity contribution is 0.102. The highest BCUT2D eigenvalue weighted by Crippen LogP contribution is 2.35. The van der Waals surface area contributed by atoms with Gasteiger partial charge >= 0.3 is 0 Å². The molecule has 0 aliphatic heterocycles. The molecule has 162 valence electrons. The Hall–Kier alpha value is -3.77. The lowest BCUT2D eigenvalue weighted by atomic mass is 10.0. The number of aryl methyl sites for hydroxylation is 1. The smallest absolute Gasteiger partial charge is 0.257 e. The molecule has 1 amide bonds. The molecule has 7 heteroatoms. The van der Waals surface area contributed by atoms with Gasteiger partial charge in [-0.3, -0.25) is 14.9 Å². The van der Waals surface area contributed by atoms with Crippen molar-refractivity contribution in [3.63, 3.8) is 0 Å². The number of rotatable bonds is 5. The SMILES string of the molecule is COc1ccc(-c2c(NC(=O)c3ccc(C)cc3)oc3ccc(Cl)cc3c2=O)cc1OC. The molecule has 1 heterocycles. The third kappa shape index (κ3) is 4.05. The second-order valence-corrected chi connectivity index (χ2v) is 7.60. The molecule has 0 unspecified atom stereocenters. The highest BCUT2D eigenvalue weighted by molar-refractivity contribution is 6.31. The molecule has 4 rings (SSSR count). The van der Waals surface area contributed by atoms with Crippen molar-refractivity contribution in [1.82, 2.24) is 0 Å². The van der Waals surface area contributed by atoms with Gasteiger partial charge in [0.2, 0.25) is 11.3 Å². The summed E-state index contributed by atoms with van der Waals surface area (Å²) in [4.78, 5) is 26.4. The van der Waals surface area contributed by atoms with Crippen LogP contribution >= 0.6 is 11.6 Å². The van der Waals surface area contributed by atoms with Crippen LogP contribution in [0.3, 0.4) is 0 Å². The van der Waals surface area contributed by atoms with Gasteiger partial charge in [0.05, 0.1) is 25.2 Å². The minimum absolute atomic E-state index is 0.0302. The molecule has 0 saturated carbocycles. The van der Waals surface area contributed by atoms with Gasteiger partial charge < -0.3 is 13.9 Å². The van der Waals surface area contributed by atoms with Crippen LogP contribution in [-0.2, 0) is 0 Å². The number of hydrogen-bond donors (Lipinski definition) is 1. The van der Waals surface area contributed by atoms with E-state index in [4.69, 9.17) is 25.5 Å². The molecule has 6 nitrogen and oxygen atoms in total. The Morgan fingerprint density at radius 1 is 0.938 bits per heavy atom. The van der Waals surface area contributed by atoms with E-state index in [1.165, 1.54) is 14.2 Å². The molecule has 1 N–H and O–H groups in total. The van der Waals surface area contributed by atoms with E-state index in [0.29, 0.717) is 38.6 Å². The summed E-state index contributed by atoms with van der Waals surface area (Å²) in [6, 6.07) is 16.9. The summed E-state index contributed by atoms with van der Waals surface area (Å²) in [5, 5.41) is 3.45. The van der Waals surface area contributed by atoms with Crippen LogP contribution in [0.4, 0.5) is 5.88 Å². The third-order valence-corrected chi connectivity index (χ3v) is 5.30. The van der Waals surface area contributed by atoms with Crippen LogP contribution in [0.15, 0.2) is 69.9 Å². The molecular formula is C25H20ClNO5. The van der Waals surface area contributed by atoms with Gasteiger partial charge in [0, 0.05) is 10.6 Å². The molecule has 32 heavy (non-hydrogen) atoms. The number of ether oxygens (including phenoxy) is 2. The van der Waals surface area contributed by atoms with E-state index in [2.05, 4.69) is 5.32 Å². The number of nitrogens with one attached hydrogen (secondary N) is 1. The van der Waals surface area contributed by atoms with Gasteiger partial charge in [-0.1, -0.05) is 35.4 Å². The van der Waals surface area contributed by atoms with Gasteiger partial charge in [0.15, 0.2) is 11.5 Å². The fourth-order valence-corrected chi connectivity index (χ4v) is 3.56. The second-order valence-electron chi connectivity index (χ2n) is 7.17. The van der Waals surface area contributed by atoms with Crippen LogP contribution in [0.25, 0.3) is 22.1 Å². The Morgan fingerprint density at radius 2 is 1.66 bits per heavy atom. The Morgan fingerprint density at radius 3 is 2.34 bits per heavy atom. The van der Waals surface area contributed by atoms with Crippen molar-refractivity contribution in [3.8, 4) is 22.6 Å². The van der Waals surface area contributed by atoms with E-state index in [0.717, 1.165) is 5.56 Å². The number of amides is 1. The van der Waals surface area contributed by atoms with E-state index in [1.54, 1.807) is 48.5 Å². The zero-order valence-electron chi connectivity index (χ0n) is 17.7. The Bertz CT molecular complexity index is 1380. The topological polar surface area (TPSA) is 77.8 Å². The highest BCUT2D eigenvalue weighted by atomic mass is 35.5. The predicted octanol–water partition coefficient (Wildman–Crippen LogP) is 5.69. The number of halogens is 1. The first kappa shape index (κ1) is 21.5. The van der Waals surface area contributed by atoms with Crippen molar-refractivity contribution in [1.29, 1.82) is 0 Å². The molecule has 0 atom stereocenters. The quantitative estimate of drug-likeness (QED) is 0.423. The number of carbonyl (C=O) groups is 1. The Labute approximate surface area is 189 Å². The predicted molar refractivity (Wildman–Crippen MR) is 125 cm³/mol. The van der Waals surface area contributed by atoms with E-state index in [9.17, 15) is 9.59 Å². The summed E-state index contributed by atoms with van der Waals surface area (Å²) in [6.07, 6.45) is 0. The number of methoxy groups -OCH3 is 2. The first-order valence-corrected chi connectivity index (χ1v) is 10.2. The molecule has 1 aromatic heterocycles. The zero-order chi connectivity index (χ0) is 22.8. The van der Waals surface area contributed by atoms with Gasteiger partial charge in [-0.2, -0.15) is 0 Å². The highest BCUT2D eigenvalue weighted by Gasteiger charge is 2.20. The van der Waals surface area contributed by atoms with Crippen molar-refractivity contribution < 1.29 is 18.7 Å². The normalized spacial score (nSPS) is 10.8. The maximum absolute atomic E-state index is 13.5. The average molecular weight is 450 g/mol. The maximum atomic E-state index is 13.5. The Balaban J connectivity index is 1.91. The van der Waals surface area contributed by atoms with Crippen molar-refractivity contribution in [2.45, 2.75) is 6.92 Å². The minimum Gasteiger partial charge on any atom is -0.493 e. The van der Waals surface area contributed by atoms with Gasteiger partial charge in [0.25, 0.3) is 5.91 Å². The van der Waals surface area contributed by atoms with Gasteiger partial charge in [-0.15, -0.1) is 0 Å². The fourth-order valence-electron chi connectivity index (χ4n) is 3.39. The molecule has 0 fully saturated rings. The zero-order valence-corrected chi connectivity index (χ0v) is 18.4. The van der Waals surface area contributed by atoms with Crippen LogP contribution in [-0.4, -0.2) is 20.1 Å². The molecule has 0 aliphatic rings. The third-order valence-electron chi connectivity index (χ3n) is 5.07. The van der Waals surface area contributed by atoms with Gasteiger partial charge in [-0.25, -0.2) is 0 Å². The molecule has 0 saturated heterocycles. The number of benzene rings is 3. The fraction of sp³-hybridized carbons (Fsp3) is 0.120. The summed E-state index contributed by atoms with van der Waals surface area (Å²) in [5.74, 6) is 0.576. The van der Waals surface area contributed by atoms with Crippen molar-refractivity contribution >= 4 is 34.4 Å². The molecular weight excluding hydrogens is 430 g/mol. The van der Waals surface area contributed by atoms with Gasteiger partial charge in [-0.05, 0) is 55.0 Å². The molecule has 0 aliphatic carbocycles. The molecule has 0 spiro atoms. The summed E-state index contributed by atoms with van der Waals surface area (Å²) < 4.78 is 16.6. The van der Waals surface area contributed by atoms with Crippen LogP contribution in [0.5, 0.6) is 11.5 Å². The monoisotopic (exact) mass is 449 g/mol. The van der Waals surface area contributed by atoms with Crippen LogP contribution in [0.1, 0.15) is 15.9 Å². The van der Waals surface area contributed by atoms with E-state index in [1.807, 2.05) is 19.1 Å². The standard InChI is InChI=1S/C25H20ClNO5/c1-14-4-6-15(7-5-14)24(29)27-25-22(16-8-10-20(30-2)21(12-16)31-3)23(28)18-13-17(26)9-11-19(18)32-25/h4-13H,1-3H3,(H,27,29). The summed E-state index contributed by atoms with van der Waals surface area (Å²) in [7, 11) is 3.03. The summed E-state index contributed by atoms with van der Waals surface area (Å²) in [6.45, 7) is 1.93. The molecule has 4 aromatic rings. The van der Waals surface area contributed by atoms with Crippen molar-refractivity contribution in [2.24, 2.45) is 0 Å². The van der Waals surface area contributed by atoms with Crippen LogP contribution in [0.2, 0.25) is 5.02 Å². The van der Waals surface area contributed by atoms with E-state index >= 15 is 0 Å². The summed E-state index contributed by atoms with van der Waals surface area (Å²) >= 11 is 6.11. The van der Waals surface area contributed by atoms with Crippen molar-refractivity contribution in [2.75, 3.05) is 19.5 Å². The number of hydrogen-bond acceptors (Lipinski definition) is 5. The van der Waals surface area contributed by atoms with Gasteiger partial charge in [0.1, 0.15) is 5.58 Å². The van der Waals surface area contributed by atoms with Crippen molar-refractivity contribution in [3.05, 3.63) is 87.0 Å². The minimum atomic E-state index is -0.400. The van der Waals surface area contributed by atoms with E-state index < -0.39 is 5.91 Å². The maximum Gasteiger partial charge on any atom is 0.257 e. The first-order valence-electron chi connectivity index (χ1n) is 9.78. The summed E-state index contributed by atoms with van der Waals surface area (Å²) in [5.41, 5.74) is 2.12. The van der Waals surface area contributed by atoms with Crippen LogP contribution in [0, 0.1) is 6.92 Å². The largest absolute Gasteiger partial charge is 0.493 e. The van der Waals surface area contributed by atoms with E-state index in [-0.39, 0.29) is 16.9 Å². The lowest BCUT2D eigenvalue weighted by Gasteiger charge is -2.14. The molecule has 0 bridgehead atoms. The number of fused-ring (bicyclic) bond motifs is 1.